The van der Waals surface area contributed by atoms with Crippen LogP contribution in [0.25, 0.3) is 0 Å². The molecule has 6 heteroatoms. The molecule has 0 saturated carbocycles. The molecular weight excluding hydrogens is 324 g/mol. The summed E-state index contributed by atoms with van der Waals surface area (Å²) in [4.78, 5) is 37.7. The van der Waals surface area contributed by atoms with Gasteiger partial charge in [0.2, 0.25) is 17.7 Å². The van der Waals surface area contributed by atoms with Gasteiger partial charge in [-0.3, -0.25) is 14.4 Å². The SMILES string of the molecule is O=C(CS[C@@H]1CC(=O)N(c2ccccc2)C1=O)Nc1ccccc1. The Morgan fingerprint density at radius 1 is 1.04 bits per heavy atom. The summed E-state index contributed by atoms with van der Waals surface area (Å²) in [5, 5.41) is 2.25. The van der Waals surface area contributed by atoms with Gasteiger partial charge in [0, 0.05) is 12.1 Å². The summed E-state index contributed by atoms with van der Waals surface area (Å²) >= 11 is 1.20. The van der Waals surface area contributed by atoms with Crippen LogP contribution in [0.1, 0.15) is 6.42 Å². The van der Waals surface area contributed by atoms with Crippen molar-refractivity contribution in [2.75, 3.05) is 16.0 Å². The van der Waals surface area contributed by atoms with Gasteiger partial charge >= 0.3 is 0 Å². The maximum absolute atomic E-state index is 12.4. The van der Waals surface area contributed by atoms with Crippen LogP contribution in [0, 0.1) is 0 Å². The number of carbonyl (C=O) groups is 3. The van der Waals surface area contributed by atoms with Crippen molar-refractivity contribution in [3.8, 4) is 0 Å². The van der Waals surface area contributed by atoms with Crippen LogP contribution in [-0.2, 0) is 14.4 Å². The number of nitrogens with one attached hydrogen (secondary N) is 1. The molecule has 2 aromatic rings. The largest absolute Gasteiger partial charge is 0.325 e. The fourth-order valence-corrected chi connectivity index (χ4v) is 3.41. The topological polar surface area (TPSA) is 66.5 Å². The molecule has 0 radical (unpaired) electrons. The number of hydrogen-bond acceptors (Lipinski definition) is 4. The minimum atomic E-state index is -0.515. The van der Waals surface area contributed by atoms with E-state index < -0.39 is 5.25 Å². The number of anilines is 2. The highest BCUT2D eigenvalue weighted by Gasteiger charge is 2.39. The van der Waals surface area contributed by atoms with E-state index in [1.165, 1.54) is 16.7 Å². The van der Waals surface area contributed by atoms with E-state index >= 15 is 0 Å². The predicted molar refractivity (Wildman–Crippen MR) is 94.9 cm³/mol. The highest BCUT2D eigenvalue weighted by molar-refractivity contribution is 8.01. The number of imide groups is 1. The summed E-state index contributed by atoms with van der Waals surface area (Å²) < 4.78 is 0. The minimum Gasteiger partial charge on any atom is -0.325 e. The lowest BCUT2D eigenvalue weighted by atomic mass is 10.3. The lowest BCUT2D eigenvalue weighted by Crippen LogP contribution is -2.31. The summed E-state index contributed by atoms with van der Waals surface area (Å²) in [6.45, 7) is 0. The van der Waals surface area contributed by atoms with E-state index in [2.05, 4.69) is 5.32 Å². The number of hydrogen-bond donors (Lipinski definition) is 1. The molecule has 1 atom stereocenters. The van der Waals surface area contributed by atoms with Crippen LogP contribution in [0.15, 0.2) is 60.7 Å². The molecule has 3 rings (SSSR count). The lowest BCUT2D eigenvalue weighted by Gasteiger charge is -2.14. The first-order valence-electron chi connectivity index (χ1n) is 7.53. The summed E-state index contributed by atoms with van der Waals surface area (Å²) in [6.07, 6.45) is 0.122. The van der Waals surface area contributed by atoms with E-state index in [4.69, 9.17) is 0 Å². The molecule has 24 heavy (non-hydrogen) atoms. The average Bonchev–Trinajstić information content (AvgIpc) is 2.88. The first-order chi connectivity index (χ1) is 11.6. The monoisotopic (exact) mass is 340 g/mol. The molecule has 122 valence electrons. The smallest absolute Gasteiger partial charge is 0.247 e. The van der Waals surface area contributed by atoms with Crippen molar-refractivity contribution >= 4 is 40.9 Å². The Morgan fingerprint density at radius 2 is 1.67 bits per heavy atom. The Balaban J connectivity index is 1.58. The molecule has 0 aliphatic carbocycles. The van der Waals surface area contributed by atoms with Crippen molar-refractivity contribution in [1.29, 1.82) is 0 Å². The number of nitrogens with zero attached hydrogens (tertiary/aromatic N) is 1. The highest BCUT2D eigenvalue weighted by Crippen LogP contribution is 2.29. The minimum absolute atomic E-state index is 0.122. The number of thioether (sulfide) groups is 1. The zero-order valence-corrected chi connectivity index (χ0v) is 13.7. The van der Waals surface area contributed by atoms with Crippen molar-refractivity contribution in [2.24, 2.45) is 0 Å². The third kappa shape index (κ3) is 3.65. The van der Waals surface area contributed by atoms with E-state index in [1.807, 2.05) is 24.3 Å². The zero-order chi connectivity index (χ0) is 16.9. The van der Waals surface area contributed by atoms with Crippen LogP contribution in [0.3, 0.4) is 0 Å². The number of rotatable bonds is 5. The van der Waals surface area contributed by atoms with Crippen LogP contribution < -0.4 is 10.2 Å². The average molecular weight is 340 g/mol. The second-order valence-corrected chi connectivity index (χ2v) is 6.51. The predicted octanol–water partition coefficient (Wildman–Crippen LogP) is 2.69. The quantitative estimate of drug-likeness (QED) is 0.850. The van der Waals surface area contributed by atoms with E-state index in [0.717, 1.165) is 0 Å². The van der Waals surface area contributed by atoms with Crippen LogP contribution in [0.4, 0.5) is 11.4 Å². The summed E-state index contributed by atoms with van der Waals surface area (Å²) in [5.41, 5.74) is 1.28. The van der Waals surface area contributed by atoms with Gasteiger partial charge in [0.25, 0.3) is 0 Å². The van der Waals surface area contributed by atoms with Gasteiger partial charge in [0.05, 0.1) is 16.7 Å². The maximum Gasteiger partial charge on any atom is 0.247 e. The summed E-state index contributed by atoms with van der Waals surface area (Å²) in [7, 11) is 0. The van der Waals surface area contributed by atoms with E-state index in [0.29, 0.717) is 11.4 Å². The summed E-state index contributed by atoms with van der Waals surface area (Å²) in [6, 6.07) is 18.0. The fourth-order valence-electron chi connectivity index (χ4n) is 2.48. The molecule has 5 nitrogen and oxygen atoms in total. The van der Waals surface area contributed by atoms with Crippen molar-refractivity contribution < 1.29 is 14.4 Å². The zero-order valence-electron chi connectivity index (χ0n) is 12.8. The van der Waals surface area contributed by atoms with Gasteiger partial charge in [0.1, 0.15) is 0 Å². The summed E-state index contributed by atoms with van der Waals surface area (Å²) in [5.74, 6) is -0.554. The number of carbonyl (C=O) groups excluding carboxylic acids is 3. The third-order valence-corrected chi connectivity index (χ3v) is 4.79. The van der Waals surface area contributed by atoms with Crippen LogP contribution in [-0.4, -0.2) is 28.7 Å². The van der Waals surface area contributed by atoms with Crippen molar-refractivity contribution in [3.05, 3.63) is 60.7 Å². The molecule has 0 bridgehead atoms. The van der Waals surface area contributed by atoms with Gasteiger partial charge in [-0.1, -0.05) is 36.4 Å². The first kappa shape index (κ1) is 16.3. The molecule has 1 saturated heterocycles. The first-order valence-corrected chi connectivity index (χ1v) is 8.58. The maximum atomic E-state index is 12.4. The molecule has 1 fully saturated rings. The standard InChI is InChI=1S/C18H16N2O3S/c21-16(19-13-7-3-1-4-8-13)12-24-15-11-17(22)20(18(15)23)14-9-5-2-6-10-14/h1-10,15H,11-12H2,(H,19,21)/t15-/m1/s1. The van der Waals surface area contributed by atoms with Gasteiger partial charge in [-0.05, 0) is 24.3 Å². The number of benzene rings is 2. The van der Waals surface area contributed by atoms with Crippen molar-refractivity contribution in [1.82, 2.24) is 0 Å². The van der Waals surface area contributed by atoms with E-state index in [1.54, 1.807) is 36.4 Å². The Hall–Kier alpha value is -2.60. The molecule has 1 aliphatic rings. The Kier molecular flexibility index (Phi) is 4.96. The van der Waals surface area contributed by atoms with Gasteiger partial charge in [0.15, 0.2) is 0 Å². The van der Waals surface area contributed by atoms with Crippen LogP contribution >= 0.6 is 11.8 Å². The van der Waals surface area contributed by atoms with E-state index in [-0.39, 0.29) is 29.9 Å². The lowest BCUT2D eigenvalue weighted by molar-refractivity contribution is -0.121. The molecule has 3 amide bonds. The van der Waals surface area contributed by atoms with Gasteiger partial charge in [-0.15, -0.1) is 11.8 Å². The molecule has 1 heterocycles. The van der Waals surface area contributed by atoms with Crippen LogP contribution in [0.2, 0.25) is 0 Å². The van der Waals surface area contributed by atoms with Gasteiger partial charge in [-0.25, -0.2) is 4.90 Å². The molecular formula is C18H16N2O3S. The molecule has 1 N–H and O–H groups in total. The van der Waals surface area contributed by atoms with Gasteiger partial charge in [-0.2, -0.15) is 0 Å². The molecule has 1 aliphatic heterocycles. The molecule has 0 unspecified atom stereocenters. The Bertz CT molecular complexity index is 749. The fraction of sp³-hybridized carbons (Fsp3) is 0.167. The van der Waals surface area contributed by atoms with Crippen molar-refractivity contribution in [3.63, 3.8) is 0 Å². The second-order valence-electron chi connectivity index (χ2n) is 5.32. The van der Waals surface area contributed by atoms with Crippen LogP contribution in [0.5, 0.6) is 0 Å². The molecule has 0 aromatic heterocycles. The number of para-hydroxylation sites is 2. The normalized spacial score (nSPS) is 17.2. The van der Waals surface area contributed by atoms with E-state index in [9.17, 15) is 14.4 Å². The number of amides is 3. The Morgan fingerprint density at radius 3 is 2.33 bits per heavy atom. The second kappa shape index (κ2) is 7.31. The van der Waals surface area contributed by atoms with Crippen molar-refractivity contribution in [2.45, 2.75) is 11.7 Å². The Labute approximate surface area is 144 Å². The third-order valence-electron chi connectivity index (χ3n) is 3.59. The highest BCUT2D eigenvalue weighted by atomic mass is 32.2. The molecule has 2 aromatic carbocycles. The van der Waals surface area contributed by atoms with Gasteiger partial charge < -0.3 is 5.32 Å². The molecule has 0 spiro atoms.